The zero-order valence-electron chi connectivity index (χ0n) is 10.9. The SMILES string of the molecule is Nc1c(C(=O)NCCc2ccc(Br)s2)sc2cccnc12. The highest BCUT2D eigenvalue weighted by Gasteiger charge is 2.16. The smallest absolute Gasteiger partial charge is 0.263 e. The first kappa shape index (κ1) is 14.5. The van der Waals surface area contributed by atoms with Gasteiger partial charge in [-0.05, 0) is 46.6 Å². The maximum atomic E-state index is 12.2. The lowest BCUT2D eigenvalue weighted by Gasteiger charge is -2.03. The lowest BCUT2D eigenvalue weighted by atomic mass is 10.3. The molecule has 4 nitrogen and oxygen atoms in total. The zero-order valence-corrected chi connectivity index (χ0v) is 14.1. The van der Waals surface area contributed by atoms with E-state index in [1.807, 2.05) is 18.2 Å². The van der Waals surface area contributed by atoms with E-state index in [2.05, 4.69) is 32.3 Å². The van der Waals surface area contributed by atoms with Crippen LogP contribution in [0.3, 0.4) is 0 Å². The van der Waals surface area contributed by atoms with Crippen molar-refractivity contribution in [3.63, 3.8) is 0 Å². The van der Waals surface area contributed by atoms with Gasteiger partial charge in [0, 0.05) is 17.6 Å². The molecule has 1 amide bonds. The number of rotatable bonds is 4. The number of aromatic nitrogens is 1. The number of halogens is 1. The van der Waals surface area contributed by atoms with Crippen LogP contribution in [0.1, 0.15) is 14.5 Å². The second kappa shape index (κ2) is 6.13. The number of pyridine rings is 1. The first-order valence-electron chi connectivity index (χ1n) is 6.30. The molecule has 21 heavy (non-hydrogen) atoms. The summed E-state index contributed by atoms with van der Waals surface area (Å²) < 4.78 is 2.03. The average molecular weight is 382 g/mol. The van der Waals surface area contributed by atoms with Crippen LogP contribution in [0.2, 0.25) is 0 Å². The Morgan fingerprint density at radius 2 is 2.19 bits per heavy atom. The van der Waals surface area contributed by atoms with E-state index in [-0.39, 0.29) is 5.91 Å². The molecule has 3 aromatic heterocycles. The monoisotopic (exact) mass is 381 g/mol. The number of thiophene rings is 2. The highest BCUT2D eigenvalue weighted by molar-refractivity contribution is 9.11. The zero-order chi connectivity index (χ0) is 14.8. The summed E-state index contributed by atoms with van der Waals surface area (Å²) in [7, 11) is 0. The van der Waals surface area contributed by atoms with Crippen molar-refractivity contribution < 1.29 is 4.79 Å². The van der Waals surface area contributed by atoms with Gasteiger partial charge in [-0.15, -0.1) is 22.7 Å². The normalized spacial score (nSPS) is 10.9. The summed E-state index contributed by atoms with van der Waals surface area (Å²) in [4.78, 5) is 18.2. The van der Waals surface area contributed by atoms with Gasteiger partial charge in [0.15, 0.2) is 0 Å². The van der Waals surface area contributed by atoms with Gasteiger partial charge in [-0.2, -0.15) is 0 Å². The molecule has 0 unspecified atom stereocenters. The third-order valence-corrected chi connectivity index (χ3v) is 5.82. The molecule has 0 aliphatic rings. The fraction of sp³-hybridized carbons (Fsp3) is 0.143. The van der Waals surface area contributed by atoms with Gasteiger partial charge in [-0.25, -0.2) is 0 Å². The molecule has 0 spiro atoms. The Balaban J connectivity index is 1.68. The fourth-order valence-electron chi connectivity index (χ4n) is 1.98. The lowest BCUT2D eigenvalue weighted by molar-refractivity contribution is 0.0959. The molecule has 3 rings (SSSR count). The summed E-state index contributed by atoms with van der Waals surface area (Å²) in [5.41, 5.74) is 7.18. The van der Waals surface area contributed by atoms with Gasteiger partial charge in [0.25, 0.3) is 5.91 Å². The first-order chi connectivity index (χ1) is 10.1. The maximum Gasteiger partial charge on any atom is 0.263 e. The van der Waals surface area contributed by atoms with Crippen LogP contribution in [0.4, 0.5) is 5.69 Å². The Morgan fingerprint density at radius 3 is 2.90 bits per heavy atom. The van der Waals surface area contributed by atoms with Crippen molar-refractivity contribution in [2.45, 2.75) is 6.42 Å². The number of anilines is 1. The van der Waals surface area contributed by atoms with Crippen molar-refractivity contribution >= 4 is 60.4 Å². The van der Waals surface area contributed by atoms with E-state index < -0.39 is 0 Å². The van der Waals surface area contributed by atoms with Gasteiger partial charge in [0.2, 0.25) is 0 Å². The molecule has 0 bridgehead atoms. The van der Waals surface area contributed by atoms with E-state index in [1.54, 1.807) is 17.5 Å². The van der Waals surface area contributed by atoms with Crippen LogP contribution < -0.4 is 11.1 Å². The third kappa shape index (κ3) is 3.09. The standard InChI is InChI=1S/C14H12BrN3OS2/c15-10-4-3-8(20-10)5-7-18-14(19)13-11(16)12-9(21-13)2-1-6-17-12/h1-4,6H,5,7,16H2,(H,18,19). The minimum atomic E-state index is -0.133. The predicted molar refractivity (Wildman–Crippen MR) is 92.1 cm³/mol. The number of fused-ring (bicyclic) bond motifs is 1. The number of nitrogen functional groups attached to an aromatic ring is 1. The van der Waals surface area contributed by atoms with E-state index in [1.165, 1.54) is 16.2 Å². The summed E-state index contributed by atoms with van der Waals surface area (Å²) in [5.74, 6) is -0.133. The number of nitrogens with two attached hydrogens (primary N) is 1. The van der Waals surface area contributed by atoms with Crippen LogP contribution >= 0.6 is 38.6 Å². The number of carbonyl (C=O) groups is 1. The van der Waals surface area contributed by atoms with Gasteiger partial charge < -0.3 is 11.1 Å². The average Bonchev–Trinajstić information content (AvgIpc) is 3.03. The summed E-state index contributed by atoms with van der Waals surface area (Å²) in [6, 6.07) is 7.83. The van der Waals surface area contributed by atoms with E-state index in [0.29, 0.717) is 22.6 Å². The van der Waals surface area contributed by atoms with Crippen LogP contribution in [0.25, 0.3) is 10.2 Å². The molecule has 3 N–H and O–H groups in total. The molecule has 0 aromatic carbocycles. The summed E-state index contributed by atoms with van der Waals surface area (Å²) in [5, 5.41) is 2.91. The molecule has 0 aliphatic carbocycles. The Bertz CT molecular complexity index is 796. The molecule has 0 saturated heterocycles. The van der Waals surface area contributed by atoms with Gasteiger partial charge >= 0.3 is 0 Å². The minimum Gasteiger partial charge on any atom is -0.396 e. The van der Waals surface area contributed by atoms with E-state index in [9.17, 15) is 4.79 Å². The second-order valence-corrected chi connectivity index (χ2v) is 8.01. The van der Waals surface area contributed by atoms with Crippen LogP contribution in [0.15, 0.2) is 34.2 Å². The number of carbonyl (C=O) groups excluding carboxylic acids is 1. The predicted octanol–water partition coefficient (Wildman–Crippen LogP) is 3.68. The summed E-state index contributed by atoms with van der Waals surface area (Å²) in [6.07, 6.45) is 2.49. The van der Waals surface area contributed by atoms with Gasteiger partial charge in [-0.3, -0.25) is 9.78 Å². The Hall–Kier alpha value is -1.44. The van der Waals surface area contributed by atoms with E-state index in [4.69, 9.17) is 5.73 Å². The van der Waals surface area contributed by atoms with Crippen molar-refractivity contribution in [2.75, 3.05) is 12.3 Å². The highest BCUT2D eigenvalue weighted by atomic mass is 79.9. The fourth-order valence-corrected chi connectivity index (χ4v) is 4.46. The first-order valence-corrected chi connectivity index (χ1v) is 8.73. The van der Waals surface area contributed by atoms with Crippen LogP contribution in [-0.2, 0) is 6.42 Å². The molecule has 0 fully saturated rings. The molecule has 7 heteroatoms. The highest BCUT2D eigenvalue weighted by Crippen LogP contribution is 2.31. The van der Waals surface area contributed by atoms with Crippen molar-refractivity contribution in [1.82, 2.24) is 10.3 Å². The van der Waals surface area contributed by atoms with Crippen LogP contribution in [0, 0.1) is 0 Å². The van der Waals surface area contributed by atoms with Crippen molar-refractivity contribution in [1.29, 1.82) is 0 Å². The number of nitrogens with zero attached hydrogens (tertiary/aromatic N) is 1. The molecule has 0 saturated carbocycles. The van der Waals surface area contributed by atoms with Gasteiger partial charge in [0.05, 0.1) is 14.2 Å². The Morgan fingerprint density at radius 1 is 1.33 bits per heavy atom. The van der Waals surface area contributed by atoms with Crippen LogP contribution in [0.5, 0.6) is 0 Å². The van der Waals surface area contributed by atoms with Crippen molar-refractivity contribution in [2.24, 2.45) is 0 Å². The van der Waals surface area contributed by atoms with Crippen LogP contribution in [-0.4, -0.2) is 17.4 Å². The quantitative estimate of drug-likeness (QED) is 0.724. The number of hydrogen-bond donors (Lipinski definition) is 2. The van der Waals surface area contributed by atoms with Crippen molar-refractivity contribution in [3.8, 4) is 0 Å². The van der Waals surface area contributed by atoms with Crippen molar-refractivity contribution in [3.05, 3.63) is 44.0 Å². The Kier molecular flexibility index (Phi) is 4.23. The second-order valence-electron chi connectivity index (χ2n) is 4.41. The number of nitrogens with one attached hydrogen (secondary N) is 1. The molecular weight excluding hydrogens is 370 g/mol. The largest absolute Gasteiger partial charge is 0.396 e. The molecule has 3 heterocycles. The van der Waals surface area contributed by atoms with Gasteiger partial charge in [-0.1, -0.05) is 0 Å². The minimum absolute atomic E-state index is 0.133. The topological polar surface area (TPSA) is 68.0 Å². The molecule has 0 atom stereocenters. The van der Waals surface area contributed by atoms with E-state index >= 15 is 0 Å². The number of amides is 1. The molecule has 108 valence electrons. The van der Waals surface area contributed by atoms with Gasteiger partial charge in [0.1, 0.15) is 10.4 Å². The van der Waals surface area contributed by atoms with E-state index in [0.717, 1.165) is 14.9 Å². The molecule has 0 aliphatic heterocycles. The molecule has 3 aromatic rings. The number of hydrogen-bond acceptors (Lipinski definition) is 5. The summed E-state index contributed by atoms with van der Waals surface area (Å²) >= 11 is 6.48. The molecule has 0 radical (unpaired) electrons. The lowest BCUT2D eigenvalue weighted by Crippen LogP contribution is -2.25. The maximum absolute atomic E-state index is 12.2. The third-order valence-electron chi connectivity index (χ3n) is 2.97. The molecular formula is C14H12BrN3OS2. The Labute approximate surface area is 138 Å². The summed E-state index contributed by atoms with van der Waals surface area (Å²) in [6.45, 7) is 0.590.